The van der Waals surface area contributed by atoms with Gasteiger partial charge in [-0.2, -0.15) is 0 Å². The van der Waals surface area contributed by atoms with Crippen molar-refractivity contribution in [1.82, 2.24) is 15.4 Å². The summed E-state index contributed by atoms with van der Waals surface area (Å²) < 4.78 is 5.37. The van der Waals surface area contributed by atoms with E-state index in [0.29, 0.717) is 12.5 Å². The fraction of sp³-hybridized carbons (Fsp3) is 0.474. The molecule has 5 nitrogen and oxygen atoms in total. The van der Waals surface area contributed by atoms with E-state index in [1.165, 1.54) is 11.1 Å². The summed E-state index contributed by atoms with van der Waals surface area (Å²) in [6, 6.07) is 10.4. The quantitative estimate of drug-likeness (QED) is 0.649. The Morgan fingerprint density at radius 1 is 1.33 bits per heavy atom. The number of nitrogens with zero attached hydrogens (tertiary/aromatic N) is 3. The van der Waals surface area contributed by atoms with Crippen LogP contribution in [0, 0.1) is 6.92 Å². The van der Waals surface area contributed by atoms with Crippen molar-refractivity contribution in [3.05, 3.63) is 52.9 Å². The van der Waals surface area contributed by atoms with E-state index in [1.54, 1.807) is 0 Å². The van der Waals surface area contributed by atoms with Gasteiger partial charge in [-0.25, -0.2) is 4.99 Å². The maximum atomic E-state index is 5.37. The van der Waals surface area contributed by atoms with E-state index in [0.717, 1.165) is 30.5 Å². The summed E-state index contributed by atoms with van der Waals surface area (Å²) in [4.78, 5) is 6.81. The number of nitrogens with one attached hydrogen (secondary N) is 1. The molecule has 2 rings (SSSR count). The second-order valence-corrected chi connectivity index (χ2v) is 6.33. The number of aryl methyl sites for hydroxylation is 1. The molecular formula is C19H28N4O. The highest BCUT2D eigenvalue weighted by Gasteiger charge is 2.10. The molecule has 0 fully saturated rings. The van der Waals surface area contributed by atoms with Crippen LogP contribution in [-0.2, 0) is 13.1 Å². The second kappa shape index (κ2) is 8.52. The average molecular weight is 328 g/mol. The van der Waals surface area contributed by atoms with Gasteiger partial charge in [-0.3, -0.25) is 0 Å². The van der Waals surface area contributed by atoms with Crippen LogP contribution in [0.5, 0.6) is 0 Å². The number of hydrogen-bond acceptors (Lipinski definition) is 3. The van der Waals surface area contributed by atoms with Crippen LogP contribution in [0.4, 0.5) is 0 Å². The van der Waals surface area contributed by atoms with Crippen molar-refractivity contribution in [3.8, 4) is 0 Å². The molecule has 0 unspecified atom stereocenters. The zero-order chi connectivity index (χ0) is 17.5. The Morgan fingerprint density at radius 2 is 2.08 bits per heavy atom. The summed E-state index contributed by atoms with van der Waals surface area (Å²) in [5.74, 6) is 2.02. The third-order valence-electron chi connectivity index (χ3n) is 3.92. The van der Waals surface area contributed by atoms with Gasteiger partial charge in [-0.05, 0) is 30.9 Å². The van der Waals surface area contributed by atoms with Crippen molar-refractivity contribution in [2.45, 2.75) is 46.7 Å². The van der Waals surface area contributed by atoms with E-state index in [1.807, 2.05) is 13.1 Å². The van der Waals surface area contributed by atoms with Gasteiger partial charge < -0.3 is 14.7 Å². The summed E-state index contributed by atoms with van der Waals surface area (Å²) in [6.07, 6.45) is 0. The van der Waals surface area contributed by atoms with Gasteiger partial charge in [0, 0.05) is 26.2 Å². The largest absolute Gasteiger partial charge is 0.359 e. The van der Waals surface area contributed by atoms with Crippen molar-refractivity contribution in [2.24, 2.45) is 4.99 Å². The number of aromatic nitrogens is 1. The molecule has 0 amide bonds. The molecule has 0 spiro atoms. The lowest BCUT2D eigenvalue weighted by Gasteiger charge is -2.22. The lowest BCUT2D eigenvalue weighted by atomic mass is 10.1. The van der Waals surface area contributed by atoms with Crippen LogP contribution in [0.2, 0.25) is 0 Å². The summed E-state index contributed by atoms with van der Waals surface area (Å²) in [5.41, 5.74) is 3.56. The van der Waals surface area contributed by atoms with E-state index in [2.05, 4.69) is 72.3 Å². The zero-order valence-electron chi connectivity index (χ0n) is 15.3. The van der Waals surface area contributed by atoms with Gasteiger partial charge in [0.1, 0.15) is 6.54 Å². The van der Waals surface area contributed by atoms with Crippen LogP contribution in [-0.4, -0.2) is 29.6 Å². The van der Waals surface area contributed by atoms with Crippen molar-refractivity contribution in [1.29, 1.82) is 0 Å². The molecule has 0 radical (unpaired) electrons. The Hall–Kier alpha value is -2.30. The average Bonchev–Trinajstić information content (AvgIpc) is 3.02. The predicted molar refractivity (Wildman–Crippen MR) is 98.1 cm³/mol. The molecule has 130 valence electrons. The summed E-state index contributed by atoms with van der Waals surface area (Å²) in [5, 5.41) is 7.42. The van der Waals surface area contributed by atoms with Crippen LogP contribution in [0.25, 0.3) is 0 Å². The van der Waals surface area contributed by atoms with Crippen LogP contribution in [0.1, 0.15) is 49.3 Å². The highest BCUT2D eigenvalue weighted by Crippen LogP contribution is 2.15. The molecule has 0 aliphatic carbocycles. The lowest BCUT2D eigenvalue weighted by molar-refractivity contribution is 0.375. The molecule has 5 heteroatoms. The molecule has 1 heterocycles. The third-order valence-corrected chi connectivity index (χ3v) is 3.92. The fourth-order valence-corrected chi connectivity index (χ4v) is 2.42. The first-order valence-electron chi connectivity index (χ1n) is 8.50. The molecule has 0 bridgehead atoms. The minimum atomic E-state index is 0.364. The Morgan fingerprint density at radius 3 is 2.71 bits per heavy atom. The molecule has 1 aromatic heterocycles. The molecule has 2 aromatic rings. The Kier molecular flexibility index (Phi) is 6.41. The monoisotopic (exact) mass is 328 g/mol. The van der Waals surface area contributed by atoms with Gasteiger partial charge in [0.15, 0.2) is 11.7 Å². The van der Waals surface area contributed by atoms with Gasteiger partial charge in [0.05, 0.1) is 5.69 Å². The van der Waals surface area contributed by atoms with Crippen LogP contribution in [0.15, 0.2) is 39.8 Å². The number of guanidine groups is 1. The molecule has 1 aromatic carbocycles. The molecular weight excluding hydrogens is 300 g/mol. The van der Waals surface area contributed by atoms with Gasteiger partial charge in [0.25, 0.3) is 0 Å². The predicted octanol–water partition coefficient (Wildman–Crippen LogP) is 3.70. The van der Waals surface area contributed by atoms with E-state index in [-0.39, 0.29) is 0 Å². The van der Waals surface area contributed by atoms with Gasteiger partial charge in [-0.1, -0.05) is 43.3 Å². The Balaban J connectivity index is 2.07. The van der Waals surface area contributed by atoms with Crippen molar-refractivity contribution in [3.63, 3.8) is 0 Å². The molecule has 0 aliphatic heterocycles. The summed E-state index contributed by atoms with van der Waals surface area (Å²) in [6.45, 7) is 10.5. The highest BCUT2D eigenvalue weighted by atomic mass is 16.5. The number of rotatable bonds is 6. The molecule has 0 saturated carbocycles. The van der Waals surface area contributed by atoms with Crippen molar-refractivity contribution >= 4 is 5.96 Å². The minimum Gasteiger partial charge on any atom is -0.359 e. The topological polar surface area (TPSA) is 53.7 Å². The number of hydrogen-bond donors (Lipinski definition) is 1. The van der Waals surface area contributed by atoms with E-state index >= 15 is 0 Å². The third kappa shape index (κ3) is 4.85. The summed E-state index contributed by atoms with van der Waals surface area (Å²) in [7, 11) is 2.05. The van der Waals surface area contributed by atoms with Crippen molar-refractivity contribution in [2.75, 3.05) is 13.6 Å². The Bertz CT molecular complexity index is 676. The first-order valence-corrected chi connectivity index (χ1v) is 8.50. The minimum absolute atomic E-state index is 0.364. The number of aliphatic imine (C=N–C) groups is 1. The smallest absolute Gasteiger partial charge is 0.194 e. The maximum absolute atomic E-state index is 5.37. The first kappa shape index (κ1) is 18.0. The lowest BCUT2D eigenvalue weighted by Crippen LogP contribution is -2.38. The van der Waals surface area contributed by atoms with Gasteiger partial charge in [0.2, 0.25) is 0 Å². The van der Waals surface area contributed by atoms with Crippen LogP contribution >= 0.6 is 0 Å². The standard InChI is InChI=1S/C19H28N4O/c1-6-20-19(21-12-17-11-18(14(2)3)22-24-17)23(5)13-16-10-8-7-9-15(16)4/h7-11,14H,6,12-13H2,1-5H3,(H,20,21). The van der Waals surface area contributed by atoms with Crippen LogP contribution in [0.3, 0.4) is 0 Å². The summed E-state index contributed by atoms with van der Waals surface area (Å²) >= 11 is 0. The molecule has 0 saturated heterocycles. The SMILES string of the molecule is CCNC(=NCc1cc(C(C)C)no1)N(C)Cc1ccccc1C. The number of benzene rings is 1. The fourth-order valence-electron chi connectivity index (χ4n) is 2.42. The van der Waals surface area contributed by atoms with Crippen LogP contribution < -0.4 is 5.32 Å². The molecule has 1 N–H and O–H groups in total. The maximum Gasteiger partial charge on any atom is 0.194 e. The second-order valence-electron chi connectivity index (χ2n) is 6.33. The Labute approximate surface area is 144 Å². The van der Waals surface area contributed by atoms with Gasteiger partial charge >= 0.3 is 0 Å². The van der Waals surface area contributed by atoms with E-state index in [4.69, 9.17) is 4.52 Å². The first-order chi connectivity index (χ1) is 11.5. The normalized spacial score (nSPS) is 11.8. The van der Waals surface area contributed by atoms with E-state index < -0.39 is 0 Å². The van der Waals surface area contributed by atoms with Gasteiger partial charge in [-0.15, -0.1) is 0 Å². The zero-order valence-corrected chi connectivity index (χ0v) is 15.3. The highest BCUT2D eigenvalue weighted by molar-refractivity contribution is 5.79. The van der Waals surface area contributed by atoms with E-state index in [9.17, 15) is 0 Å². The van der Waals surface area contributed by atoms with Crippen molar-refractivity contribution < 1.29 is 4.52 Å². The molecule has 0 atom stereocenters. The molecule has 0 aliphatic rings. The molecule has 24 heavy (non-hydrogen) atoms.